The van der Waals surface area contributed by atoms with Crippen LogP contribution in [-0.4, -0.2) is 23.9 Å². The molecule has 1 aliphatic carbocycles. The highest BCUT2D eigenvalue weighted by Gasteiger charge is 2.34. The number of amides is 1. The first-order valence-electron chi connectivity index (χ1n) is 6.89. The Labute approximate surface area is 119 Å². The van der Waals surface area contributed by atoms with E-state index in [-0.39, 0.29) is 5.91 Å². The van der Waals surface area contributed by atoms with Gasteiger partial charge in [-0.15, -0.1) is 0 Å². The average molecular weight is 276 g/mol. The van der Waals surface area contributed by atoms with E-state index in [0.29, 0.717) is 18.3 Å². The molecule has 3 heteroatoms. The van der Waals surface area contributed by atoms with Gasteiger partial charge in [-0.05, 0) is 42.4 Å². The van der Waals surface area contributed by atoms with Crippen molar-refractivity contribution in [1.82, 2.24) is 4.90 Å². The van der Waals surface area contributed by atoms with Crippen molar-refractivity contribution in [3.63, 3.8) is 0 Å². The zero-order valence-electron chi connectivity index (χ0n) is 10.9. The molecule has 100 valence electrons. The van der Waals surface area contributed by atoms with Gasteiger partial charge < -0.3 is 4.90 Å². The Hall–Kier alpha value is -1.28. The second-order valence-corrected chi connectivity index (χ2v) is 6.00. The Morgan fingerprint density at radius 1 is 1.11 bits per heavy atom. The predicted octanol–water partition coefficient (Wildman–Crippen LogP) is 3.31. The third kappa shape index (κ3) is 2.84. The summed E-state index contributed by atoms with van der Waals surface area (Å²) in [6.07, 6.45) is 7.28. The molecule has 0 N–H and O–H groups in total. The van der Waals surface area contributed by atoms with Gasteiger partial charge in [-0.2, -0.15) is 0 Å². The summed E-state index contributed by atoms with van der Waals surface area (Å²) in [5.74, 6) is 1.61. The minimum atomic E-state index is 0.247. The van der Waals surface area contributed by atoms with Crippen molar-refractivity contribution in [1.29, 1.82) is 0 Å². The SMILES string of the molecule is O=C(Cc1ccc(Cl)cc1)N1CC2CC=CCC2C1. The van der Waals surface area contributed by atoms with Crippen molar-refractivity contribution in [2.24, 2.45) is 11.8 Å². The van der Waals surface area contributed by atoms with Crippen LogP contribution < -0.4 is 0 Å². The van der Waals surface area contributed by atoms with Gasteiger partial charge in [0, 0.05) is 18.1 Å². The lowest BCUT2D eigenvalue weighted by Crippen LogP contribution is -2.30. The highest BCUT2D eigenvalue weighted by Crippen LogP contribution is 2.32. The van der Waals surface area contributed by atoms with Crippen LogP contribution in [0.2, 0.25) is 5.02 Å². The number of carbonyl (C=O) groups is 1. The topological polar surface area (TPSA) is 20.3 Å². The van der Waals surface area contributed by atoms with Crippen LogP contribution in [0.1, 0.15) is 18.4 Å². The summed E-state index contributed by atoms with van der Waals surface area (Å²) in [5, 5.41) is 0.717. The number of fused-ring (bicyclic) bond motifs is 1. The molecule has 1 heterocycles. The molecule has 1 amide bonds. The molecule has 1 aliphatic heterocycles. The molecular formula is C16H18ClNO. The van der Waals surface area contributed by atoms with Crippen LogP contribution in [0.4, 0.5) is 0 Å². The highest BCUT2D eigenvalue weighted by molar-refractivity contribution is 6.30. The summed E-state index contributed by atoms with van der Waals surface area (Å²) in [5.41, 5.74) is 1.04. The fourth-order valence-corrected chi connectivity index (χ4v) is 3.23. The molecule has 0 bridgehead atoms. The van der Waals surface area contributed by atoms with Gasteiger partial charge in [0.1, 0.15) is 0 Å². The van der Waals surface area contributed by atoms with E-state index in [1.54, 1.807) is 0 Å². The number of hydrogen-bond donors (Lipinski definition) is 0. The summed E-state index contributed by atoms with van der Waals surface area (Å²) >= 11 is 5.86. The van der Waals surface area contributed by atoms with Gasteiger partial charge in [-0.25, -0.2) is 0 Å². The predicted molar refractivity (Wildman–Crippen MR) is 77.1 cm³/mol. The third-order valence-corrected chi connectivity index (χ3v) is 4.49. The molecule has 0 saturated carbocycles. The molecule has 2 nitrogen and oxygen atoms in total. The van der Waals surface area contributed by atoms with Gasteiger partial charge in [0.2, 0.25) is 5.91 Å². The zero-order chi connectivity index (χ0) is 13.2. The fraction of sp³-hybridized carbons (Fsp3) is 0.438. The van der Waals surface area contributed by atoms with Gasteiger partial charge >= 0.3 is 0 Å². The van der Waals surface area contributed by atoms with Gasteiger partial charge in [-0.1, -0.05) is 35.9 Å². The molecule has 1 fully saturated rings. The smallest absolute Gasteiger partial charge is 0.227 e. The monoisotopic (exact) mass is 275 g/mol. The van der Waals surface area contributed by atoms with Crippen molar-refractivity contribution in [2.45, 2.75) is 19.3 Å². The highest BCUT2D eigenvalue weighted by atomic mass is 35.5. The van der Waals surface area contributed by atoms with Crippen molar-refractivity contribution in [3.8, 4) is 0 Å². The standard InChI is InChI=1S/C16H18ClNO/c17-15-7-5-12(6-8-15)9-16(19)18-10-13-3-1-2-4-14(13)11-18/h1-2,5-8,13-14H,3-4,9-11H2. The lowest BCUT2D eigenvalue weighted by Gasteiger charge is -2.17. The number of halogens is 1. The lowest BCUT2D eigenvalue weighted by atomic mass is 9.86. The minimum absolute atomic E-state index is 0.247. The summed E-state index contributed by atoms with van der Waals surface area (Å²) < 4.78 is 0. The van der Waals surface area contributed by atoms with Crippen LogP contribution in [-0.2, 0) is 11.2 Å². The minimum Gasteiger partial charge on any atom is -0.342 e. The second-order valence-electron chi connectivity index (χ2n) is 5.56. The number of nitrogens with zero attached hydrogens (tertiary/aromatic N) is 1. The molecule has 2 atom stereocenters. The van der Waals surface area contributed by atoms with Gasteiger partial charge in [0.15, 0.2) is 0 Å². The Balaban J connectivity index is 1.61. The van der Waals surface area contributed by atoms with E-state index < -0.39 is 0 Å². The largest absolute Gasteiger partial charge is 0.342 e. The Morgan fingerprint density at radius 2 is 1.68 bits per heavy atom. The van der Waals surface area contributed by atoms with Gasteiger partial charge in [0.05, 0.1) is 6.42 Å². The van der Waals surface area contributed by atoms with Crippen LogP contribution in [0.3, 0.4) is 0 Å². The molecule has 1 saturated heterocycles. The molecule has 19 heavy (non-hydrogen) atoms. The van der Waals surface area contributed by atoms with Crippen LogP contribution in [0, 0.1) is 11.8 Å². The normalized spacial score (nSPS) is 25.4. The second kappa shape index (κ2) is 5.38. The van der Waals surface area contributed by atoms with E-state index >= 15 is 0 Å². The molecule has 3 rings (SSSR count). The van der Waals surface area contributed by atoms with Gasteiger partial charge in [0.25, 0.3) is 0 Å². The third-order valence-electron chi connectivity index (χ3n) is 4.24. The number of allylic oxidation sites excluding steroid dienone is 2. The number of hydrogen-bond acceptors (Lipinski definition) is 1. The van der Waals surface area contributed by atoms with Crippen molar-refractivity contribution < 1.29 is 4.79 Å². The van der Waals surface area contributed by atoms with E-state index in [1.165, 1.54) is 0 Å². The van der Waals surface area contributed by atoms with Crippen LogP contribution in [0.15, 0.2) is 36.4 Å². The molecule has 2 unspecified atom stereocenters. The zero-order valence-corrected chi connectivity index (χ0v) is 11.6. The molecule has 0 aromatic heterocycles. The quantitative estimate of drug-likeness (QED) is 0.759. The number of rotatable bonds is 2. The van der Waals surface area contributed by atoms with Crippen molar-refractivity contribution in [3.05, 3.63) is 47.0 Å². The molecule has 2 aliphatic rings. The number of benzene rings is 1. The van der Waals surface area contributed by atoms with Crippen LogP contribution in [0.5, 0.6) is 0 Å². The first kappa shape index (κ1) is 12.7. The van der Waals surface area contributed by atoms with E-state index in [0.717, 1.165) is 36.5 Å². The van der Waals surface area contributed by atoms with Crippen LogP contribution in [0.25, 0.3) is 0 Å². The maximum absolute atomic E-state index is 12.3. The Kier molecular flexibility index (Phi) is 3.61. The molecule has 1 aromatic rings. The number of likely N-dealkylation sites (tertiary alicyclic amines) is 1. The van der Waals surface area contributed by atoms with Crippen molar-refractivity contribution in [2.75, 3.05) is 13.1 Å². The summed E-state index contributed by atoms with van der Waals surface area (Å²) in [4.78, 5) is 14.4. The van der Waals surface area contributed by atoms with E-state index in [1.807, 2.05) is 29.2 Å². The average Bonchev–Trinajstić information content (AvgIpc) is 2.85. The van der Waals surface area contributed by atoms with Crippen LogP contribution >= 0.6 is 11.6 Å². The number of carbonyl (C=O) groups excluding carboxylic acids is 1. The summed E-state index contributed by atoms with van der Waals surface area (Å²) in [6.45, 7) is 1.86. The summed E-state index contributed by atoms with van der Waals surface area (Å²) in [7, 11) is 0. The van der Waals surface area contributed by atoms with Gasteiger partial charge in [-0.3, -0.25) is 4.79 Å². The molecule has 0 spiro atoms. The Bertz CT molecular complexity index is 478. The maximum Gasteiger partial charge on any atom is 0.227 e. The van der Waals surface area contributed by atoms with Crippen molar-refractivity contribution >= 4 is 17.5 Å². The lowest BCUT2D eigenvalue weighted by molar-refractivity contribution is -0.129. The molecule has 0 radical (unpaired) electrons. The maximum atomic E-state index is 12.3. The fourth-order valence-electron chi connectivity index (χ4n) is 3.11. The summed E-state index contributed by atoms with van der Waals surface area (Å²) in [6, 6.07) is 7.56. The first-order chi connectivity index (χ1) is 9.22. The van der Waals surface area contributed by atoms with E-state index in [9.17, 15) is 4.79 Å². The molecular weight excluding hydrogens is 258 g/mol. The Morgan fingerprint density at radius 3 is 2.26 bits per heavy atom. The molecule has 1 aromatic carbocycles. The first-order valence-corrected chi connectivity index (χ1v) is 7.27. The van der Waals surface area contributed by atoms with E-state index in [4.69, 9.17) is 11.6 Å². The van der Waals surface area contributed by atoms with E-state index in [2.05, 4.69) is 12.2 Å².